The van der Waals surface area contributed by atoms with Crippen molar-refractivity contribution in [3.63, 3.8) is 0 Å². The maximum Gasteiger partial charge on any atom is 0.288 e. The van der Waals surface area contributed by atoms with Crippen molar-refractivity contribution in [2.75, 3.05) is 0 Å². The molecule has 0 fully saturated rings. The molecular formula is C11H9ClO2. The van der Waals surface area contributed by atoms with E-state index < -0.39 is 5.24 Å². The molecule has 2 nitrogen and oxygen atoms in total. The van der Waals surface area contributed by atoms with E-state index in [1.807, 2.05) is 32.0 Å². The number of hydrogen-bond acceptors (Lipinski definition) is 2. The van der Waals surface area contributed by atoms with Crippen LogP contribution >= 0.6 is 11.6 Å². The number of furan rings is 1. The van der Waals surface area contributed by atoms with Crippen molar-refractivity contribution >= 4 is 27.8 Å². The van der Waals surface area contributed by atoms with Crippen LogP contribution in [0.2, 0.25) is 0 Å². The average Bonchev–Trinajstić information content (AvgIpc) is 2.44. The summed E-state index contributed by atoms with van der Waals surface area (Å²) in [4.78, 5) is 11.0. The summed E-state index contributed by atoms with van der Waals surface area (Å²) in [7, 11) is 0. The maximum atomic E-state index is 11.0. The fourth-order valence-corrected chi connectivity index (χ4v) is 1.70. The van der Waals surface area contributed by atoms with E-state index in [4.69, 9.17) is 16.0 Å². The minimum Gasteiger partial charge on any atom is -0.451 e. The molecule has 0 amide bonds. The van der Waals surface area contributed by atoms with Crippen molar-refractivity contribution in [2.24, 2.45) is 0 Å². The van der Waals surface area contributed by atoms with Crippen LogP contribution in [-0.4, -0.2) is 5.24 Å². The number of carbonyl (C=O) groups excluding carboxylic acids is 1. The lowest BCUT2D eigenvalue weighted by atomic mass is 10.1. The van der Waals surface area contributed by atoms with Gasteiger partial charge in [-0.25, -0.2) is 0 Å². The first-order valence-electron chi connectivity index (χ1n) is 4.29. The molecule has 0 unspecified atom stereocenters. The summed E-state index contributed by atoms with van der Waals surface area (Å²) < 4.78 is 5.33. The van der Waals surface area contributed by atoms with E-state index in [-0.39, 0.29) is 5.76 Å². The van der Waals surface area contributed by atoms with Crippen LogP contribution in [0.15, 0.2) is 22.6 Å². The molecule has 0 bridgehead atoms. The van der Waals surface area contributed by atoms with E-state index in [0.29, 0.717) is 5.58 Å². The fourth-order valence-electron chi connectivity index (χ4n) is 1.52. The zero-order valence-electron chi connectivity index (χ0n) is 7.93. The van der Waals surface area contributed by atoms with Gasteiger partial charge in [0, 0.05) is 10.9 Å². The first-order chi connectivity index (χ1) is 6.59. The molecule has 3 heteroatoms. The molecule has 0 atom stereocenters. The Kier molecular flexibility index (Phi) is 2.08. The van der Waals surface area contributed by atoms with Crippen molar-refractivity contribution in [1.82, 2.24) is 0 Å². The second-order valence-corrected chi connectivity index (χ2v) is 3.67. The van der Waals surface area contributed by atoms with E-state index >= 15 is 0 Å². The Hall–Kier alpha value is -1.28. The molecule has 0 N–H and O–H groups in total. The Morgan fingerprint density at radius 1 is 1.36 bits per heavy atom. The molecule has 2 rings (SSSR count). The smallest absolute Gasteiger partial charge is 0.288 e. The van der Waals surface area contributed by atoms with Gasteiger partial charge in [-0.05, 0) is 37.6 Å². The molecule has 0 spiro atoms. The summed E-state index contributed by atoms with van der Waals surface area (Å²) in [5, 5.41) is 0.408. The summed E-state index contributed by atoms with van der Waals surface area (Å²) in [5.41, 5.74) is 2.65. The third-order valence-electron chi connectivity index (χ3n) is 2.27. The van der Waals surface area contributed by atoms with Crippen LogP contribution in [0.3, 0.4) is 0 Å². The van der Waals surface area contributed by atoms with Crippen molar-refractivity contribution < 1.29 is 9.21 Å². The lowest BCUT2D eigenvalue weighted by molar-refractivity contribution is 0.105. The van der Waals surface area contributed by atoms with Crippen LogP contribution in [0.1, 0.15) is 21.7 Å². The predicted molar refractivity (Wildman–Crippen MR) is 55.9 cm³/mol. The molecule has 2 aromatic rings. The fraction of sp³-hybridized carbons (Fsp3) is 0.182. The molecule has 14 heavy (non-hydrogen) atoms. The number of fused-ring (bicyclic) bond motifs is 1. The molecule has 1 aromatic carbocycles. The highest BCUT2D eigenvalue weighted by molar-refractivity contribution is 6.67. The first-order valence-corrected chi connectivity index (χ1v) is 4.67. The van der Waals surface area contributed by atoms with Gasteiger partial charge in [-0.2, -0.15) is 0 Å². The van der Waals surface area contributed by atoms with Gasteiger partial charge >= 0.3 is 0 Å². The Labute approximate surface area is 86.5 Å². The number of rotatable bonds is 1. The van der Waals surface area contributed by atoms with Gasteiger partial charge in [0.2, 0.25) is 0 Å². The molecule has 0 radical (unpaired) electrons. The summed E-state index contributed by atoms with van der Waals surface area (Å²) in [6.07, 6.45) is 0. The highest BCUT2D eigenvalue weighted by Crippen LogP contribution is 2.26. The first kappa shape index (κ1) is 9.28. The molecule has 0 aliphatic heterocycles. The number of halogens is 1. The van der Waals surface area contributed by atoms with Crippen molar-refractivity contribution in [3.05, 3.63) is 35.1 Å². The second-order valence-electron chi connectivity index (χ2n) is 3.33. The lowest BCUT2D eigenvalue weighted by Gasteiger charge is -1.91. The van der Waals surface area contributed by atoms with E-state index in [0.717, 1.165) is 16.5 Å². The number of carbonyl (C=O) groups is 1. The average molecular weight is 209 g/mol. The molecule has 0 aliphatic carbocycles. The van der Waals surface area contributed by atoms with Gasteiger partial charge < -0.3 is 4.42 Å². The van der Waals surface area contributed by atoms with Crippen LogP contribution in [-0.2, 0) is 0 Å². The van der Waals surface area contributed by atoms with Crippen LogP contribution in [0, 0.1) is 13.8 Å². The number of aryl methyl sites for hydroxylation is 2. The number of hydrogen-bond donors (Lipinski definition) is 0. The SMILES string of the molecule is Cc1ccc2oc(C(=O)Cl)c(C)c2c1. The van der Waals surface area contributed by atoms with Crippen LogP contribution < -0.4 is 0 Å². The van der Waals surface area contributed by atoms with E-state index in [9.17, 15) is 4.79 Å². The van der Waals surface area contributed by atoms with E-state index in [2.05, 4.69) is 0 Å². The zero-order valence-corrected chi connectivity index (χ0v) is 8.68. The molecule has 0 saturated carbocycles. The van der Waals surface area contributed by atoms with Gasteiger partial charge in [0.15, 0.2) is 5.76 Å². The summed E-state index contributed by atoms with van der Waals surface area (Å²) in [5.74, 6) is 0.243. The molecular weight excluding hydrogens is 200 g/mol. The van der Waals surface area contributed by atoms with Crippen molar-refractivity contribution in [3.8, 4) is 0 Å². The molecule has 72 valence electrons. The Balaban J connectivity index is 2.80. The third kappa shape index (κ3) is 1.32. The minimum absolute atomic E-state index is 0.243. The summed E-state index contributed by atoms with van der Waals surface area (Å²) >= 11 is 5.39. The molecule has 0 aliphatic rings. The van der Waals surface area contributed by atoms with Crippen molar-refractivity contribution in [2.45, 2.75) is 13.8 Å². The lowest BCUT2D eigenvalue weighted by Crippen LogP contribution is -1.86. The highest BCUT2D eigenvalue weighted by atomic mass is 35.5. The second kappa shape index (κ2) is 3.14. The van der Waals surface area contributed by atoms with E-state index in [1.165, 1.54) is 0 Å². The predicted octanol–water partition coefficient (Wildman–Crippen LogP) is 3.43. The van der Waals surface area contributed by atoms with Gasteiger partial charge in [-0.15, -0.1) is 0 Å². The highest BCUT2D eigenvalue weighted by Gasteiger charge is 2.15. The van der Waals surface area contributed by atoms with Gasteiger partial charge in [-0.1, -0.05) is 11.6 Å². The van der Waals surface area contributed by atoms with Gasteiger partial charge in [-0.3, -0.25) is 4.79 Å². The monoisotopic (exact) mass is 208 g/mol. The topological polar surface area (TPSA) is 30.2 Å². The Bertz CT molecular complexity index is 511. The van der Waals surface area contributed by atoms with Crippen LogP contribution in [0.25, 0.3) is 11.0 Å². The van der Waals surface area contributed by atoms with Gasteiger partial charge in [0.1, 0.15) is 5.58 Å². The standard InChI is InChI=1S/C11H9ClO2/c1-6-3-4-9-8(5-6)7(2)10(14-9)11(12)13/h3-5H,1-2H3. The normalized spacial score (nSPS) is 10.8. The van der Waals surface area contributed by atoms with Crippen molar-refractivity contribution in [1.29, 1.82) is 0 Å². The van der Waals surface area contributed by atoms with Gasteiger partial charge in [0.05, 0.1) is 0 Å². The van der Waals surface area contributed by atoms with E-state index in [1.54, 1.807) is 0 Å². The Morgan fingerprint density at radius 2 is 2.07 bits per heavy atom. The Morgan fingerprint density at radius 3 is 2.71 bits per heavy atom. The minimum atomic E-state index is -0.545. The molecule has 0 saturated heterocycles. The maximum absolute atomic E-state index is 11.0. The third-order valence-corrected chi connectivity index (χ3v) is 2.44. The number of benzene rings is 1. The van der Waals surface area contributed by atoms with Crippen LogP contribution in [0.4, 0.5) is 0 Å². The quantitative estimate of drug-likeness (QED) is 0.673. The van der Waals surface area contributed by atoms with Crippen LogP contribution in [0.5, 0.6) is 0 Å². The molecule has 1 aromatic heterocycles. The zero-order chi connectivity index (χ0) is 10.3. The van der Waals surface area contributed by atoms with Gasteiger partial charge in [0.25, 0.3) is 5.24 Å². The summed E-state index contributed by atoms with van der Waals surface area (Å²) in [6, 6.07) is 5.77. The largest absolute Gasteiger partial charge is 0.451 e. The molecule has 1 heterocycles. The summed E-state index contributed by atoms with van der Waals surface area (Å²) in [6.45, 7) is 3.83.